The molecule has 180 valence electrons. The van der Waals surface area contributed by atoms with Crippen molar-refractivity contribution in [2.75, 3.05) is 13.2 Å². The van der Waals surface area contributed by atoms with Gasteiger partial charge in [-0.1, -0.05) is 0 Å². The maximum absolute atomic E-state index is 10.6. The van der Waals surface area contributed by atoms with Crippen molar-refractivity contribution >= 4 is 11.9 Å². The van der Waals surface area contributed by atoms with Crippen molar-refractivity contribution in [3.63, 3.8) is 0 Å². The SMILES string of the molecule is Cn1cc2c(n1)C(CNCc1ccco1)OCC2.O=C(O)C(F)(F)F.O=C(O)C(F)(F)F. The molecule has 0 spiro atoms. The summed E-state index contributed by atoms with van der Waals surface area (Å²) < 4.78 is 76.4. The summed E-state index contributed by atoms with van der Waals surface area (Å²) in [5, 5.41) is 22.1. The molecule has 1 unspecified atom stereocenters. The summed E-state index contributed by atoms with van der Waals surface area (Å²) in [5.41, 5.74) is 2.37. The standard InChI is InChI=1S/C13H17N3O2.2C2HF3O2/c1-16-9-10-4-6-18-12(13(10)15-16)8-14-7-11-3-2-5-17-11;2*3-2(4,5)1(6)7/h2-3,5,9,12,14H,4,6-8H2,1H3;2*(H,6,7). The van der Waals surface area contributed by atoms with Crippen LogP contribution in [0.15, 0.2) is 29.0 Å². The van der Waals surface area contributed by atoms with E-state index in [1.54, 1.807) is 6.26 Å². The van der Waals surface area contributed by atoms with E-state index in [0.717, 1.165) is 37.6 Å². The highest BCUT2D eigenvalue weighted by atomic mass is 19.4. The zero-order valence-corrected chi connectivity index (χ0v) is 16.4. The van der Waals surface area contributed by atoms with Crippen LogP contribution in [0.2, 0.25) is 0 Å². The highest BCUT2D eigenvalue weighted by molar-refractivity contribution is 5.73. The van der Waals surface area contributed by atoms with E-state index in [4.69, 9.17) is 29.0 Å². The molecule has 1 atom stereocenters. The van der Waals surface area contributed by atoms with Gasteiger partial charge in [0.05, 0.1) is 25.1 Å². The maximum Gasteiger partial charge on any atom is 0.490 e. The monoisotopic (exact) mass is 475 g/mol. The molecule has 3 N–H and O–H groups in total. The summed E-state index contributed by atoms with van der Waals surface area (Å²) in [7, 11) is 1.95. The lowest BCUT2D eigenvalue weighted by molar-refractivity contribution is -0.193. The fourth-order valence-electron chi connectivity index (χ4n) is 2.30. The Kier molecular flexibility index (Phi) is 9.71. The average molecular weight is 475 g/mol. The fraction of sp³-hybridized carbons (Fsp3) is 0.471. The topological polar surface area (TPSA) is 127 Å². The molecule has 0 bridgehead atoms. The molecule has 32 heavy (non-hydrogen) atoms. The first-order valence-corrected chi connectivity index (χ1v) is 8.69. The summed E-state index contributed by atoms with van der Waals surface area (Å²) in [6.07, 6.45) is -5.40. The molecule has 3 rings (SSSR count). The quantitative estimate of drug-likeness (QED) is 0.577. The lowest BCUT2D eigenvalue weighted by atomic mass is 10.1. The Labute approximate surface area is 176 Å². The molecule has 15 heteroatoms. The van der Waals surface area contributed by atoms with Crippen LogP contribution in [0.3, 0.4) is 0 Å². The summed E-state index contributed by atoms with van der Waals surface area (Å²) >= 11 is 0. The number of halogens is 6. The number of hydrogen-bond acceptors (Lipinski definition) is 6. The zero-order valence-electron chi connectivity index (χ0n) is 16.4. The highest BCUT2D eigenvalue weighted by Crippen LogP contribution is 2.24. The van der Waals surface area contributed by atoms with Crippen molar-refractivity contribution in [3.8, 4) is 0 Å². The molecule has 0 amide bonds. The smallest absolute Gasteiger partial charge is 0.475 e. The van der Waals surface area contributed by atoms with Crippen molar-refractivity contribution in [2.45, 2.75) is 31.4 Å². The number of aliphatic carboxylic acids is 2. The van der Waals surface area contributed by atoms with E-state index in [9.17, 15) is 26.3 Å². The van der Waals surface area contributed by atoms with Crippen molar-refractivity contribution < 1.29 is 55.3 Å². The predicted octanol–water partition coefficient (Wildman–Crippen LogP) is 2.68. The number of aromatic nitrogens is 2. The van der Waals surface area contributed by atoms with Gasteiger partial charge in [-0.05, 0) is 24.1 Å². The largest absolute Gasteiger partial charge is 0.490 e. The van der Waals surface area contributed by atoms with Gasteiger partial charge in [0.15, 0.2) is 0 Å². The molecule has 1 aliphatic heterocycles. The molecule has 0 aromatic carbocycles. The molecule has 0 saturated carbocycles. The normalized spacial score (nSPS) is 15.5. The molecule has 0 aliphatic carbocycles. The second kappa shape index (κ2) is 11.5. The number of carboxylic acid groups (broad SMARTS) is 2. The molecular formula is C17H19F6N3O6. The second-order valence-corrected chi connectivity index (χ2v) is 6.14. The number of nitrogens with zero attached hydrogens (tertiary/aromatic N) is 2. The Balaban J connectivity index is 0.000000305. The number of carboxylic acids is 2. The Morgan fingerprint density at radius 2 is 1.75 bits per heavy atom. The van der Waals surface area contributed by atoms with Gasteiger partial charge in [-0.3, -0.25) is 4.68 Å². The Morgan fingerprint density at radius 3 is 2.22 bits per heavy atom. The van der Waals surface area contributed by atoms with Crippen LogP contribution in [0.25, 0.3) is 0 Å². The number of nitrogens with one attached hydrogen (secondary N) is 1. The minimum absolute atomic E-state index is 0.0462. The van der Waals surface area contributed by atoms with E-state index in [2.05, 4.69) is 16.6 Å². The number of aryl methyl sites for hydroxylation is 1. The molecule has 0 saturated heterocycles. The zero-order chi connectivity index (χ0) is 24.5. The summed E-state index contributed by atoms with van der Waals surface area (Å²) in [6, 6.07) is 3.85. The third kappa shape index (κ3) is 9.38. The van der Waals surface area contributed by atoms with E-state index >= 15 is 0 Å². The van der Waals surface area contributed by atoms with E-state index in [-0.39, 0.29) is 6.10 Å². The number of alkyl halides is 6. The van der Waals surface area contributed by atoms with E-state index in [1.165, 1.54) is 5.56 Å². The van der Waals surface area contributed by atoms with Gasteiger partial charge in [0.1, 0.15) is 11.9 Å². The van der Waals surface area contributed by atoms with Gasteiger partial charge >= 0.3 is 24.3 Å². The second-order valence-electron chi connectivity index (χ2n) is 6.14. The van der Waals surface area contributed by atoms with Gasteiger partial charge in [0.25, 0.3) is 0 Å². The van der Waals surface area contributed by atoms with Gasteiger partial charge in [0.2, 0.25) is 0 Å². The van der Waals surface area contributed by atoms with Crippen LogP contribution in [-0.2, 0) is 34.3 Å². The minimum atomic E-state index is -5.08. The molecule has 2 aromatic heterocycles. The van der Waals surface area contributed by atoms with E-state index in [1.807, 2.05) is 23.9 Å². The number of carbonyl (C=O) groups is 2. The van der Waals surface area contributed by atoms with Crippen LogP contribution in [0.1, 0.15) is 23.1 Å². The molecular weight excluding hydrogens is 456 g/mol. The highest BCUT2D eigenvalue weighted by Gasteiger charge is 2.38. The molecule has 1 aliphatic rings. The lowest BCUT2D eigenvalue weighted by Gasteiger charge is -2.22. The molecule has 9 nitrogen and oxygen atoms in total. The summed E-state index contributed by atoms with van der Waals surface area (Å²) in [6.45, 7) is 2.24. The van der Waals surface area contributed by atoms with Gasteiger partial charge < -0.3 is 24.7 Å². The average Bonchev–Trinajstić information content (AvgIpc) is 3.30. The Morgan fingerprint density at radius 1 is 1.19 bits per heavy atom. The van der Waals surface area contributed by atoms with Crippen molar-refractivity contribution in [1.29, 1.82) is 0 Å². The maximum atomic E-state index is 10.6. The number of furan rings is 1. The van der Waals surface area contributed by atoms with Crippen molar-refractivity contribution in [1.82, 2.24) is 15.1 Å². The van der Waals surface area contributed by atoms with Crippen LogP contribution in [0.4, 0.5) is 26.3 Å². The van der Waals surface area contributed by atoms with Crippen LogP contribution >= 0.6 is 0 Å². The minimum Gasteiger partial charge on any atom is -0.475 e. The number of ether oxygens (including phenoxy) is 1. The van der Waals surface area contributed by atoms with E-state index < -0.39 is 24.3 Å². The molecule has 0 radical (unpaired) electrons. The van der Waals surface area contributed by atoms with Crippen LogP contribution in [-0.4, -0.2) is 57.4 Å². The number of fused-ring (bicyclic) bond motifs is 1. The third-order valence-corrected chi connectivity index (χ3v) is 3.63. The summed E-state index contributed by atoms with van der Waals surface area (Å²) in [4.78, 5) is 17.8. The van der Waals surface area contributed by atoms with Gasteiger partial charge in [-0.2, -0.15) is 31.4 Å². The van der Waals surface area contributed by atoms with Gasteiger partial charge in [0, 0.05) is 19.8 Å². The van der Waals surface area contributed by atoms with Crippen molar-refractivity contribution in [2.24, 2.45) is 7.05 Å². The first-order chi connectivity index (χ1) is 14.7. The number of hydrogen-bond donors (Lipinski definition) is 3. The Hall–Kier alpha value is -3.07. The lowest BCUT2D eigenvalue weighted by Crippen LogP contribution is -2.27. The van der Waals surface area contributed by atoms with Crippen molar-refractivity contribution in [3.05, 3.63) is 41.6 Å². The van der Waals surface area contributed by atoms with E-state index in [0.29, 0.717) is 0 Å². The van der Waals surface area contributed by atoms with Gasteiger partial charge in [-0.25, -0.2) is 9.59 Å². The van der Waals surface area contributed by atoms with Crippen LogP contribution < -0.4 is 5.32 Å². The van der Waals surface area contributed by atoms with Crippen LogP contribution in [0.5, 0.6) is 0 Å². The Bertz CT molecular complexity index is 839. The fourth-order valence-corrected chi connectivity index (χ4v) is 2.30. The first-order valence-electron chi connectivity index (χ1n) is 8.69. The van der Waals surface area contributed by atoms with Gasteiger partial charge in [-0.15, -0.1) is 0 Å². The molecule has 0 fully saturated rings. The van der Waals surface area contributed by atoms with Crippen LogP contribution in [0, 0.1) is 0 Å². The molecule has 3 heterocycles. The summed E-state index contributed by atoms with van der Waals surface area (Å²) in [5.74, 6) is -4.58. The number of rotatable bonds is 4. The molecule has 2 aromatic rings. The first kappa shape index (κ1) is 27.0. The third-order valence-electron chi connectivity index (χ3n) is 3.63. The predicted molar refractivity (Wildman–Crippen MR) is 93.4 cm³/mol.